The van der Waals surface area contributed by atoms with E-state index < -0.39 is 5.91 Å². The van der Waals surface area contributed by atoms with Gasteiger partial charge in [-0.2, -0.15) is 0 Å². The maximum Gasteiger partial charge on any atom is 0.293 e. The minimum absolute atomic E-state index is 0.0997. The second-order valence-electron chi connectivity index (χ2n) is 5.11. The number of carbonyl (C=O) groups excluding carboxylic acids is 2. The molecule has 24 heavy (non-hydrogen) atoms. The van der Waals surface area contributed by atoms with Crippen LogP contribution in [0.3, 0.4) is 0 Å². The summed E-state index contributed by atoms with van der Waals surface area (Å²) in [4.78, 5) is 25.9. The smallest absolute Gasteiger partial charge is 0.293 e. The Labute approximate surface area is 147 Å². The molecule has 1 saturated heterocycles. The van der Waals surface area contributed by atoms with E-state index in [9.17, 15) is 19.8 Å². The number of aromatic hydroxyl groups is 2. The standard InChI is InChI=1S/C17H12ClNO4S/c18-12-4-2-1-3-11(12)9-19-16(22)15(24-17(19)23)8-10-5-6-13(20)14(21)7-10/h1-8,20-21H,9H2/b15-8+. The number of rotatable bonds is 3. The van der Waals surface area contributed by atoms with Crippen molar-refractivity contribution in [1.82, 2.24) is 4.90 Å². The van der Waals surface area contributed by atoms with Gasteiger partial charge in [-0.25, -0.2) is 0 Å². The molecule has 3 rings (SSSR count). The molecule has 1 fully saturated rings. The van der Waals surface area contributed by atoms with E-state index >= 15 is 0 Å². The van der Waals surface area contributed by atoms with Crippen LogP contribution in [-0.2, 0) is 11.3 Å². The highest BCUT2D eigenvalue weighted by molar-refractivity contribution is 8.18. The highest BCUT2D eigenvalue weighted by Gasteiger charge is 2.35. The van der Waals surface area contributed by atoms with Gasteiger partial charge in [0.1, 0.15) is 0 Å². The molecule has 2 N–H and O–H groups in total. The van der Waals surface area contributed by atoms with Gasteiger partial charge < -0.3 is 10.2 Å². The first-order valence-electron chi connectivity index (χ1n) is 6.96. The van der Waals surface area contributed by atoms with Crippen LogP contribution in [0, 0.1) is 0 Å². The molecule has 1 heterocycles. The van der Waals surface area contributed by atoms with Gasteiger partial charge in [0.25, 0.3) is 11.1 Å². The quantitative estimate of drug-likeness (QED) is 0.638. The molecule has 0 aliphatic carbocycles. The average Bonchev–Trinajstić information content (AvgIpc) is 2.80. The van der Waals surface area contributed by atoms with Crippen molar-refractivity contribution in [2.24, 2.45) is 0 Å². The fourth-order valence-corrected chi connectivity index (χ4v) is 3.25. The van der Waals surface area contributed by atoms with Gasteiger partial charge >= 0.3 is 0 Å². The van der Waals surface area contributed by atoms with Crippen molar-refractivity contribution in [3.05, 3.63) is 63.5 Å². The Balaban J connectivity index is 1.84. The maximum atomic E-state index is 12.4. The number of phenolic OH excluding ortho intramolecular Hbond substituents is 2. The summed E-state index contributed by atoms with van der Waals surface area (Å²) in [6.45, 7) is 0.0997. The molecule has 5 nitrogen and oxygen atoms in total. The Morgan fingerprint density at radius 2 is 1.83 bits per heavy atom. The Morgan fingerprint density at radius 1 is 1.08 bits per heavy atom. The zero-order chi connectivity index (χ0) is 17.3. The van der Waals surface area contributed by atoms with Gasteiger partial charge in [0.15, 0.2) is 11.5 Å². The van der Waals surface area contributed by atoms with Crippen molar-refractivity contribution in [1.29, 1.82) is 0 Å². The van der Waals surface area contributed by atoms with Crippen LogP contribution in [0.2, 0.25) is 5.02 Å². The number of amides is 2. The minimum atomic E-state index is -0.419. The highest BCUT2D eigenvalue weighted by Crippen LogP contribution is 2.35. The van der Waals surface area contributed by atoms with E-state index in [2.05, 4.69) is 0 Å². The fourth-order valence-electron chi connectivity index (χ4n) is 2.21. The predicted molar refractivity (Wildman–Crippen MR) is 92.7 cm³/mol. The topological polar surface area (TPSA) is 77.8 Å². The number of hydrogen-bond acceptors (Lipinski definition) is 5. The third-order valence-electron chi connectivity index (χ3n) is 3.46. The van der Waals surface area contributed by atoms with Crippen molar-refractivity contribution in [3.63, 3.8) is 0 Å². The summed E-state index contributed by atoms with van der Waals surface area (Å²) < 4.78 is 0. The molecule has 0 bridgehead atoms. The first-order chi connectivity index (χ1) is 11.5. The molecule has 0 saturated carbocycles. The molecule has 122 valence electrons. The van der Waals surface area contributed by atoms with E-state index in [0.717, 1.165) is 16.7 Å². The molecule has 0 spiro atoms. The lowest BCUT2D eigenvalue weighted by Crippen LogP contribution is -2.27. The molecule has 0 unspecified atom stereocenters. The highest BCUT2D eigenvalue weighted by atomic mass is 35.5. The van der Waals surface area contributed by atoms with Crippen molar-refractivity contribution < 1.29 is 19.8 Å². The van der Waals surface area contributed by atoms with Crippen molar-refractivity contribution in [2.75, 3.05) is 0 Å². The number of thioether (sulfide) groups is 1. The lowest BCUT2D eigenvalue weighted by atomic mass is 10.2. The number of phenols is 2. The molecule has 0 radical (unpaired) electrons. The first-order valence-corrected chi connectivity index (χ1v) is 8.16. The summed E-state index contributed by atoms with van der Waals surface area (Å²) >= 11 is 6.90. The third kappa shape index (κ3) is 3.25. The second kappa shape index (κ2) is 6.59. The van der Waals surface area contributed by atoms with Gasteiger partial charge in [0.2, 0.25) is 0 Å². The van der Waals surface area contributed by atoms with Crippen LogP contribution in [0.1, 0.15) is 11.1 Å². The van der Waals surface area contributed by atoms with E-state index in [1.54, 1.807) is 24.3 Å². The van der Waals surface area contributed by atoms with Gasteiger partial charge in [-0.15, -0.1) is 0 Å². The van der Waals surface area contributed by atoms with Crippen LogP contribution >= 0.6 is 23.4 Å². The van der Waals surface area contributed by atoms with Crippen LogP contribution in [0.5, 0.6) is 11.5 Å². The SMILES string of the molecule is O=C1S/C(=C/c2ccc(O)c(O)c2)C(=O)N1Cc1ccccc1Cl. The van der Waals surface area contributed by atoms with Gasteiger partial charge in [-0.1, -0.05) is 35.9 Å². The molecule has 2 aromatic carbocycles. The summed E-state index contributed by atoms with van der Waals surface area (Å²) in [5, 5.41) is 18.9. The number of benzene rings is 2. The molecular formula is C17H12ClNO4S. The maximum absolute atomic E-state index is 12.4. The van der Waals surface area contributed by atoms with Crippen LogP contribution in [-0.4, -0.2) is 26.3 Å². The molecule has 2 amide bonds. The molecular weight excluding hydrogens is 350 g/mol. The van der Waals surface area contributed by atoms with Gasteiger partial charge in [-0.3, -0.25) is 14.5 Å². The molecule has 2 aromatic rings. The van der Waals surface area contributed by atoms with Crippen molar-refractivity contribution >= 4 is 40.6 Å². The Hall–Kier alpha value is -2.44. The van der Waals surface area contributed by atoms with E-state index in [1.165, 1.54) is 24.3 Å². The number of nitrogens with zero attached hydrogens (tertiary/aromatic N) is 1. The van der Waals surface area contributed by atoms with Crippen LogP contribution in [0.15, 0.2) is 47.4 Å². The van der Waals surface area contributed by atoms with Gasteiger partial charge in [0.05, 0.1) is 11.4 Å². The average molecular weight is 362 g/mol. The third-order valence-corrected chi connectivity index (χ3v) is 4.73. The fraction of sp³-hybridized carbons (Fsp3) is 0.0588. The Bertz CT molecular complexity index is 865. The van der Waals surface area contributed by atoms with Gasteiger partial charge in [0, 0.05) is 5.02 Å². The largest absolute Gasteiger partial charge is 0.504 e. The van der Waals surface area contributed by atoms with E-state index in [0.29, 0.717) is 16.1 Å². The van der Waals surface area contributed by atoms with Crippen LogP contribution in [0.25, 0.3) is 6.08 Å². The number of imide groups is 1. The Morgan fingerprint density at radius 3 is 2.54 bits per heavy atom. The number of hydrogen-bond donors (Lipinski definition) is 2. The van der Waals surface area contributed by atoms with Crippen LogP contribution < -0.4 is 0 Å². The minimum Gasteiger partial charge on any atom is -0.504 e. The Kier molecular flexibility index (Phi) is 4.51. The molecule has 0 atom stereocenters. The van der Waals surface area contributed by atoms with E-state index in [1.807, 2.05) is 0 Å². The zero-order valence-electron chi connectivity index (χ0n) is 12.3. The molecule has 0 aromatic heterocycles. The number of halogens is 1. The second-order valence-corrected chi connectivity index (χ2v) is 6.51. The van der Waals surface area contributed by atoms with E-state index in [4.69, 9.17) is 11.6 Å². The predicted octanol–water partition coefficient (Wildman–Crippen LogP) is 3.99. The lowest BCUT2D eigenvalue weighted by molar-refractivity contribution is -0.123. The summed E-state index contributed by atoms with van der Waals surface area (Å²) in [7, 11) is 0. The normalized spacial score (nSPS) is 16.2. The van der Waals surface area contributed by atoms with Crippen molar-refractivity contribution in [2.45, 2.75) is 6.54 Å². The summed E-state index contributed by atoms with van der Waals surface area (Å²) in [5.41, 5.74) is 1.19. The van der Waals surface area contributed by atoms with Gasteiger partial charge in [-0.05, 0) is 47.2 Å². The first kappa shape index (κ1) is 16.4. The molecule has 1 aliphatic rings. The van der Waals surface area contributed by atoms with Crippen LogP contribution in [0.4, 0.5) is 4.79 Å². The van der Waals surface area contributed by atoms with Crippen molar-refractivity contribution in [3.8, 4) is 11.5 Å². The molecule has 1 aliphatic heterocycles. The summed E-state index contributed by atoms with van der Waals surface area (Å²) in [6, 6.07) is 11.2. The molecule has 7 heteroatoms. The zero-order valence-corrected chi connectivity index (χ0v) is 13.8. The lowest BCUT2D eigenvalue weighted by Gasteiger charge is -2.13. The summed E-state index contributed by atoms with van der Waals surface area (Å²) in [6.07, 6.45) is 1.50. The van der Waals surface area contributed by atoms with E-state index in [-0.39, 0.29) is 28.2 Å². The number of carbonyl (C=O) groups is 2. The monoisotopic (exact) mass is 361 g/mol. The summed E-state index contributed by atoms with van der Waals surface area (Å²) in [5.74, 6) is -0.962.